The summed E-state index contributed by atoms with van der Waals surface area (Å²) < 4.78 is 5.73. The van der Waals surface area contributed by atoms with Crippen LogP contribution in [0, 0.1) is 0 Å². The van der Waals surface area contributed by atoms with Crippen LogP contribution < -0.4 is 4.90 Å². The first-order valence-electron chi connectivity index (χ1n) is 4.72. The summed E-state index contributed by atoms with van der Waals surface area (Å²) in [7, 11) is 0. The molecule has 0 saturated carbocycles. The van der Waals surface area contributed by atoms with E-state index < -0.39 is 5.97 Å². The van der Waals surface area contributed by atoms with Crippen LogP contribution in [0.1, 0.15) is 6.42 Å². The molecule has 1 aromatic rings. The number of morpholine rings is 1. The van der Waals surface area contributed by atoms with E-state index in [-0.39, 0.29) is 12.5 Å². The van der Waals surface area contributed by atoms with E-state index in [1.807, 2.05) is 4.90 Å². The predicted octanol–water partition coefficient (Wildman–Crippen LogP) is 0.871. The summed E-state index contributed by atoms with van der Waals surface area (Å²) >= 11 is 6.97. The SMILES string of the molecule is O=C(O)CC1CN(c2nnc(Cl)s2)CCO1. The zero-order chi connectivity index (χ0) is 11.5. The molecule has 1 saturated heterocycles. The number of anilines is 1. The van der Waals surface area contributed by atoms with Crippen LogP contribution in [0.2, 0.25) is 4.47 Å². The normalized spacial score (nSPS) is 21.1. The molecule has 1 fully saturated rings. The first kappa shape index (κ1) is 11.6. The number of nitrogens with zero attached hydrogens (tertiary/aromatic N) is 3. The van der Waals surface area contributed by atoms with Gasteiger partial charge in [-0.2, -0.15) is 0 Å². The maximum Gasteiger partial charge on any atom is 0.306 e. The smallest absolute Gasteiger partial charge is 0.306 e. The van der Waals surface area contributed by atoms with Crippen molar-refractivity contribution in [3.63, 3.8) is 0 Å². The van der Waals surface area contributed by atoms with Crippen molar-refractivity contribution in [3.8, 4) is 0 Å². The van der Waals surface area contributed by atoms with Gasteiger partial charge in [0.05, 0.1) is 19.1 Å². The lowest BCUT2D eigenvalue weighted by atomic mass is 10.2. The minimum absolute atomic E-state index is 0.00301. The molecule has 6 nitrogen and oxygen atoms in total. The van der Waals surface area contributed by atoms with E-state index in [2.05, 4.69) is 10.2 Å². The minimum Gasteiger partial charge on any atom is -0.481 e. The molecular formula is C8H10ClN3O3S. The van der Waals surface area contributed by atoms with E-state index >= 15 is 0 Å². The lowest BCUT2D eigenvalue weighted by Crippen LogP contribution is -2.43. The Hall–Kier alpha value is -0.920. The second-order valence-electron chi connectivity index (χ2n) is 3.37. The summed E-state index contributed by atoms with van der Waals surface area (Å²) in [6, 6.07) is 0. The van der Waals surface area contributed by atoms with Crippen LogP contribution in [0.5, 0.6) is 0 Å². The highest BCUT2D eigenvalue weighted by atomic mass is 35.5. The molecule has 0 radical (unpaired) electrons. The first-order chi connectivity index (χ1) is 7.65. The molecule has 1 atom stereocenters. The number of ether oxygens (including phenoxy) is 1. The van der Waals surface area contributed by atoms with Crippen molar-refractivity contribution >= 4 is 34.0 Å². The molecule has 8 heteroatoms. The number of carboxylic acids is 1. The molecule has 16 heavy (non-hydrogen) atoms. The predicted molar refractivity (Wildman–Crippen MR) is 59.1 cm³/mol. The highest BCUT2D eigenvalue weighted by molar-refractivity contribution is 7.19. The van der Waals surface area contributed by atoms with Crippen LogP contribution in [-0.4, -0.2) is 47.1 Å². The number of hydrogen-bond acceptors (Lipinski definition) is 6. The van der Waals surface area contributed by atoms with Crippen LogP contribution in [-0.2, 0) is 9.53 Å². The van der Waals surface area contributed by atoms with Gasteiger partial charge in [0, 0.05) is 13.1 Å². The summed E-state index contributed by atoms with van der Waals surface area (Å²) in [5.74, 6) is -0.859. The second kappa shape index (κ2) is 4.94. The molecule has 0 aromatic carbocycles. The van der Waals surface area contributed by atoms with Crippen LogP contribution in [0.25, 0.3) is 0 Å². The number of carboxylic acid groups (broad SMARTS) is 1. The van der Waals surface area contributed by atoms with E-state index in [0.29, 0.717) is 29.3 Å². The molecule has 0 amide bonds. The number of aliphatic carboxylic acids is 1. The molecule has 0 aliphatic carbocycles. The fraction of sp³-hybridized carbons (Fsp3) is 0.625. The molecule has 1 N–H and O–H groups in total. The molecule has 1 aliphatic heterocycles. The van der Waals surface area contributed by atoms with Crippen LogP contribution in [0.3, 0.4) is 0 Å². The molecule has 0 bridgehead atoms. The Morgan fingerprint density at radius 2 is 2.50 bits per heavy atom. The van der Waals surface area contributed by atoms with Crippen molar-refractivity contribution in [2.75, 3.05) is 24.6 Å². The van der Waals surface area contributed by atoms with Crippen molar-refractivity contribution in [1.29, 1.82) is 0 Å². The van der Waals surface area contributed by atoms with Crippen molar-refractivity contribution < 1.29 is 14.6 Å². The van der Waals surface area contributed by atoms with E-state index in [9.17, 15) is 4.79 Å². The van der Waals surface area contributed by atoms with Gasteiger partial charge in [-0.15, -0.1) is 10.2 Å². The van der Waals surface area contributed by atoms with Gasteiger partial charge in [0.2, 0.25) is 9.60 Å². The Morgan fingerprint density at radius 3 is 3.12 bits per heavy atom. The average molecular weight is 264 g/mol. The summed E-state index contributed by atoms with van der Waals surface area (Å²) in [4.78, 5) is 12.5. The third-order valence-electron chi connectivity index (χ3n) is 2.20. The van der Waals surface area contributed by atoms with Crippen molar-refractivity contribution in [1.82, 2.24) is 10.2 Å². The topological polar surface area (TPSA) is 75.5 Å². The van der Waals surface area contributed by atoms with Gasteiger partial charge < -0.3 is 14.7 Å². The third kappa shape index (κ3) is 2.81. The maximum atomic E-state index is 10.6. The standard InChI is InChI=1S/C8H10ClN3O3S/c9-7-10-11-8(16-7)12-1-2-15-5(4-12)3-6(13)14/h5H,1-4H2,(H,13,14). The number of rotatable bonds is 3. The molecule has 1 aromatic heterocycles. The fourth-order valence-electron chi connectivity index (χ4n) is 1.54. The second-order valence-corrected chi connectivity index (χ2v) is 4.91. The minimum atomic E-state index is -0.859. The van der Waals surface area contributed by atoms with Gasteiger partial charge in [-0.05, 0) is 11.6 Å². The molecule has 2 heterocycles. The van der Waals surface area contributed by atoms with Gasteiger partial charge in [0.25, 0.3) is 0 Å². The zero-order valence-electron chi connectivity index (χ0n) is 8.30. The van der Waals surface area contributed by atoms with Crippen LogP contribution in [0.4, 0.5) is 5.13 Å². The molecule has 2 rings (SSSR count). The quantitative estimate of drug-likeness (QED) is 0.872. The largest absolute Gasteiger partial charge is 0.481 e. The van der Waals surface area contributed by atoms with Crippen LogP contribution in [0.15, 0.2) is 0 Å². The zero-order valence-corrected chi connectivity index (χ0v) is 9.87. The van der Waals surface area contributed by atoms with Gasteiger partial charge in [-0.3, -0.25) is 4.79 Å². The highest BCUT2D eigenvalue weighted by Crippen LogP contribution is 2.25. The maximum absolute atomic E-state index is 10.6. The Labute approximate surface area is 101 Å². The number of halogens is 1. The van der Waals surface area contributed by atoms with Gasteiger partial charge in [0.15, 0.2) is 0 Å². The summed E-state index contributed by atoms with van der Waals surface area (Å²) in [5, 5.41) is 17.0. The fourth-order valence-corrected chi connectivity index (χ4v) is 2.39. The molecule has 1 unspecified atom stereocenters. The van der Waals surface area contributed by atoms with E-state index in [1.165, 1.54) is 11.3 Å². The Kier molecular flexibility index (Phi) is 3.57. The van der Waals surface area contributed by atoms with E-state index in [4.69, 9.17) is 21.4 Å². The van der Waals surface area contributed by atoms with Crippen molar-refractivity contribution in [3.05, 3.63) is 4.47 Å². The summed E-state index contributed by atoms with van der Waals surface area (Å²) in [6.07, 6.45) is -0.294. The van der Waals surface area contributed by atoms with Crippen molar-refractivity contribution in [2.45, 2.75) is 12.5 Å². The Balaban J connectivity index is 1.99. The summed E-state index contributed by atoms with van der Waals surface area (Å²) in [5.41, 5.74) is 0. The Morgan fingerprint density at radius 1 is 1.69 bits per heavy atom. The van der Waals surface area contributed by atoms with E-state index in [1.54, 1.807) is 0 Å². The number of hydrogen-bond donors (Lipinski definition) is 1. The van der Waals surface area contributed by atoms with Gasteiger partial charge in [0.1, 0.15) is 0 Å². The molecule has 88 valence electrons. The molecule has 1 aliphatic rings. The molecular weight excluding hydrogens is 254 g/mol. The van der Waals surface area contributed by atoms with Gasteiger partial charge >= 0.3 is 5.97 Å². The van der Waals surface area contributed by atoms with Crippen LogP contribution >= 0.6 is 22.9 Å². The highest BCUT2D eigenvalue weighted by Gasteiger charge is 2.24. The first-order valence-corrected chi connectivity index (χ1v) is 5.92. The Bertz CT molecular complexity index is 386. The lowest BCUT2D eigenvalue weighted by Gasteiger charge is -2.31. The van der Waals surface area contributed by atoms with Gasteiger partial charge in [-0.1, -0.05) is 11.3 Å². The van der Waals surface area contributed by atoms with Crippen molar-refractivity contribution in [2.24, 2.45) is 0 Å². The number of carbonyl (C=O) groups is 1. The van der Waals surface area contributed by atoms with Gasteiger partial charge in [-0.25, -0.2) is 0 Å². The number of aromatic nitrogens is 2. The monoisotopic (exact) mass is 263 g/mol. The lowest BCUT2D eigenvalue weighted by molar-refractivity contribution is -0.140. The third-order valence-corrected chi connectivity index (χ3v) is 3.28. The average Bonchev–Trinajstić information content (AvgIpc) is 2.64. The summed E-state index contributed by atoms with van der Waals surface area (Å²) in [6.45, 7) is 1.69. The van der Waals surface area contributed by atoms with E-state index in [0.717, 1.165) is 0 Å². The molecule has 0 spiro atoms.